The lowest BCUT2D eigenvalue weighted by Gasteiger charge is -2.18. The fourth-order valence-electron chi connectivity index (χ4n) is 2.51. The molecule has 0 radical (unpaired) electrons. The van der Waals surface area contributed by atoms with Crippen LogP contribution in [0.4, 0.5) is 0 Å². The molecule has 1 fully saturated rings. The molecule has 2 heterocycles. The largest absolute Gasteiger partial charge is 0.367 e. The Kier molecular flexibility index (Phi) is 4.62. The zero-order chi connectivity index (χ0) is 14.5. The Labute approximate surface area is 124 Å². The smallest absolute Gasteiger partial charge is 0.252 e. The summed E-state index contributed by atoms with van der Waals surface area (Å²) in [4.78, 5) is 4.45. The van der Waals surface area contributed by atoms with Gasteiger partial charge in [-0.1, -0.05) is 35.0 Å². The fourth-order valence-corrected chi connectivity index (χ4v) is 2.51. The summed E-state index contributed by atoms with van der Waals surface area (Å²) in [5.41, 5.74) is 2.40. The molecule has 1 aromatic heterocycles. The number of aromatic nitrogens is 2. The number of benzene rings is 1. The van der Waals surface area contributed by atoms with Crippen LogP contribution in [0.25, 0.3) is 0 Å². The van der Waals surface area contributed by atoms with Gasteiger partial charge in [0.05, 0.1) is 6.61 Å². The highest BCUT2D eigenvalue weighted by atomic mass is 16.5. The van der Waals surface area contributed by atoms with E-state index in [1.165, 1.54) is 5.56 Å². The van der Waals surface area contributed by atoms with E-state index in [1.54, 1.807) is 0 Å². The minimum Gasteiger partial charge on any atom is -0.367 e. The molecular weight excluding hydrogens is 266 g/mol. The standard InChI is InChI=1S/C16H21N3O2/c1-12-2-4-13(5-3-12)10-20-11-15-18-16(19-21-15)14-6-8-17-9-7-14/h2-5,14,17H,6-11H2,1H3. The van der Waals surface area contributed by atoms with Gasteiger partial charge in [0, 0.05) is 5.92 Å². The molecule has 0 aliphatic carbocycles. The molecule has 2 aromatic rings. The van der Waals surface area contributed by atoms with E-state index in [0.717, 1.165) is 37.3 Å². The Morgan fingerprint density at radius 2 is 1.95 bits per heavy atom. The lowest BCUT2D eigenvalue weighted by Crippen LogP contribution is -2.27. The second-order valence-electron chi connectivity index (χ2n) is 5.55. The Bertz CT molecular complexity index is 559. The summed E-state index contributed by atoms with van der Waals surface area (Å²) in [6.07, 6.45) is 2.15. The number of ether oxygens (including phenoxy) is 1. The van der Waals surface area contributed by atoms with Crippen molar-refractivity contribution in [3.63, 3.8) is 0 Å². The average Bonchev–Trinajstić information content (AvgIpc) is 2.99. The van der Waals surface area contributed by atoms with Crippen LogP contribution in [-0.4, -0.2) is 23.2 Å². The van der Waals surface area contributed by atoms with Crippen LogP contribution < -0.4 is 5.32 Å². The first-order chi connectivity index (χ1) is 10.3. The fraction of sp³-hybridized carbons (Fsp3) is 0.500. The molecule has 1 aliphatic rings. The van der Waals surface area contributed by atoms with Gasteiger partial charge in [-0.2, -0.15) is 4.98 Å². The molecule has 0 unspecified atom stereocenters. The van der Waals surface area contributed by atoms with Crippen LogP contribution in [0, 0.1) is 6.92 Å². The van der Waals surface area contributed by atoms with Crippen molar-refractivity contribution in [3.05, 3.63) is 47.1 Å². The summed E-state index contributed by atoms with van der Waals surface area (Å²) >= 11 is 0. The number of nitrogens with zero attached hydrogens (tertiary/aromatic N) is 2. The third kappa shape index (κ3) is 3.89. The molecule has 3 rings (SSSR count). The summed E-state index contributed by atoms with van der Waals surface area (Å²) in [6.45, 7) is 5.06. The number of aryl methyl sites for hydroxylation is 1. The van der Waals surface area contributed by atoms with Gasteiger partial charge in [-0.3, -0.25) is 0 Å². The van der Waals surface area contributed by atoms with Crippen LogP contribution in [0.5, 0.6) is 0 Å². The van der Waals surface area contributed by atoms with Crippen molar-refractivity contribution < 1.29 is 9.26 Å². The third-order valence-corrected chi connectivity index (χ3v) is 3.80. The minimum atomic E-state index is 0.367. The normalized spacial score (nSPS) is 16.2. The van der Waals surface area contributed by atoms with Crippen molar-refractivity contribution in [3.8, 4) is 0 Å². The highest BCUT2D eigenvalue weighted by Crippen LogP contribution is 2.22. The maximum atomic E-state index is 5.64. The third-order valence-electron chi connectivity index (χ3n) is 3.80. The Morgan fingerprint density at radius 3 is 2.71 bits per heavy atom. The van der Waals surface area contributed by atoms with Gasteiger partial charge in [0.1, 0.15) is 6.61 Å². The van der Waals surface area contributed by atoms with E-state index < -0.39 is 0 Å². The van der Waals surface area contributed by atoms with Gasteiger partial charge in [-0.25, -0.2) is 0 Å². The molecule has 0 bridgehead atoms. The number of hydrogen-bond donors (Lipinski definition) is 1. The van der Waals surface area contributed by atoms with Gasteiger partial charge >= 0.3 is 0 Å². The van der Waals surface area contributed by atoms with Gasteiger partial charge in [0.2, 0.25) is 0 Å². The number of nitrogens with one attached hydrogen (secondary N) is 1. The van der Waals surface area contributed by atoms with Crippen molar-refractivity contribution in [2.24, 2.45) is 0 Å². The highest BCUT2D eigenvalue weighted by Gasteiger charge is 2.20. The summed E-state index contributed by atoms with van der Waals surface area (Å²) in [7, 11) is 0. The molecule has 0 spiro atoms. The Hall–Kier alpha value is -1.72. The first kappa shape index (κ1) is 14.2. The van der Waals surface area contributed by atoms with Crippen LogP contribution >= 0.6 is 0 Å². The SMILES string of the molecule is Cc1ccc(COCc2nc(C3CCNCC3)no2)cc1. The zero-order valence-electron chi connectivity index (χ0n) is 12.3. The molecule has 5 heteroatoms. The van der Waals surface area contributed by atoms with E-state index in [-0.39, 0.29) is 0 Å². The second-order valence-corrected chi connectivity index (χ2v) is 5.55. The molecule has 5 nitrogen and oxygen atoms in total. The maximum Gasteiger partial charge on any atom is 0.252 e. The van der Waals surface area contributed by atoms with Crippen molar-refractivity contribution in [1.82, 2.24) is 15.5 Å². The summed E-state index contributed by atoms with van der Waals surface area (Å²) in [5.74, 6) is 1.81. The van der Waals surface area contributed by atoms with E-state index in [9.17, 15) is 0 Å². The molecule has 112 valence electrons. The number of rotatable bonds is 5. The molecule has 1 aliphatic heterocycles. The van der Waals surface area contributed by atoms with E-state index in [2.05, 4.69) is 46.6 Å². The quantitative estimate of drug-likeness (QED) is 0.916. The van der Waals surface area contributed by atoms with Crippen molar-refractivity contribution in [1.29, 1.82) is 0 Å². The Balaban J connectivity index is 1.49. The summed E-state index contributed by atoms with van der Waals surface area (Å²) in [6, 6.07) is 8.31. The topological polar surface area (TPSA) is 60.2 Å². The van der Waals surface area contributed by atoms with E-state index in [4.69, 9.17) is 9.26 Å². The van der Waals surface area contributed by atoms with Gasteiger partial charge in [0.25, 0.3) is 5.89 Å². The van der Waals surface area contributed by atoms with Gasteiger partial charge in [0.15, 0.2) is 5.82 Å². The van der Waals surface area contributed by atoms with Crippen LogP contribution in [0.1, 0.15) is 41.6 Å². The average molecular weight is 287 g/mol. The minimum absolute atomic E-state index is 0.367. The van der Waals surface area contributed by atoms with Gasteiger partial charge in [-0.05, 0) is 38.4 Å². The maximum absolute atomic E-state index is 5.64. The predicted molar refractivity (Wildman–Crippen MR) is 78.8 cm³/mol. The lowest BCUT2D eigenvalue weighted by molar-refractivity contribution is 0.0850. The van der Waals surface area contributed by atoms with Gasteiger partial charge < -0.3 is 14.6 Å². The number of hydrogen-bond acceptors (Lipinski definition) is 5. The van der Waals surface area contributed by atoms with Crippen LogP contribution in [0.15, 0.2) is 28.8 Å². The molecule has 1 N–H and O–H groups in total. The van der Waals surface area contributed by atoms with Gasteiger partial charge in [-0.15, -0.1) is 0 Å². The summed E-state index contributed by atoms with van der Waals surface area (Å²) in [5, 5.41) is 7.42. The van der Waals surface area contributed by atoms with E-state index >= 15 is 0 Å². The van der Waals surface area contributed by atoms with E-state index in [1.807, 2.05) is 0 Å². The Morgan fingerprint density at radius 1 is 1.19 bits per heavy atom. The molecule has 0 saturated carbocycles. The molecule has 0 amide bonds. The van der Waals surface area contributed by atoms with Crippen molar-refractivity contribution >= 4 is 0 Å². The van der Waals surface area contributed by atoms with Crippen LogP contribution in [0.2, 0.25) is 0 Å². The van der Waals surface area contributed by atoms with Crippen molar-refractivity contribution in [2.75, 3.05) is 13.1 Å². The molecule has 0 atom stereocenters. The molecule has 1 aromatic carbocycles. The first-order valence-electron chi connectivity index (χ1n) is 7.48. The molecule has 21 heavy (non-hydrogen) atoms. The zero-order valence-corrected chi connectivity index (χ0v) is 12.3. The van der Waals surface area contributed by atoms with Crippen molar-refractivity contribution in [2.45, 2.75) is 38.9 Å². The second kappa shape index (κ2) is 6.83. The van der Waals surface area contributed by atoms with Crippen LogP contribution in [0.3, 0.4) is 0 Å². The van der Waals surface area contributed by atoms with E-state index in [0.29, 0.717) is 25.0 Å². The highest BCUT2D eigenvalue weighted by molar-refractivity contribution is 5.20. The summed E-state index contributed by atoms with van der Waals surface area (Å²) < 4.78 is 10.9. The first-order valence-corrected chi connectivity index (χ1v) is 7.48. The van der Waals surface area contributed by atoms with Crippen LogP contribution in [-0.2, 0) is 18.0 Å². The monoisotopic (exact) mass is 287 g/mol. The molecule has 1 saturated heterocycles. The lowest BCUT2D eigenvalue weighted by atomic mass is 9.98. The predicted octanol–water partition coefficient (Wildman–Crippen LogP) is 2.56. The molecular formula is C16H21N3O2. The number of piperidine rings is 1.